The molecular weight excluding hydrogens is 494 g/mol. The number of ether oxygens (including phenoxy) is 1. The van der Waals surface area contributed by atoms with Crippen LogP contribution in [-0.4, -0.2) is 54.3 Å². The molecule has 1 saturated heterocycles. The molecule has 2 amide bonds. The number of nitrogens with zero attached hydrogens (tertiary/aromatic N) is 2. The highest BCUT2D eigenvalue weighted by Crippen LogP contribution is 2.37. The maximum atomic E-state index is 13.4. The summed E-state index contributed by atoms with van der Waals surface area (Å²) in [4.78, 5) is 29.7. The molecule has 2 fully saturated rings. The number of hydrogen-bond acceptors (Lipinski definition) is 8. The van der Waals surface area contributed by atoms with Gasteiger partial charge in [0, 0.05) is 23.7 Å². The molecule has 0 unspecified atom stereocenters. The smallest absolute Gasteiger partial charge is 0.260 e. The highest BCUT2D eigenvalue weighted by molar-refractivity contribution is 7.91. The highest BCUT2D eigenvalue weighted by atomic mass is 32.2. The van der Waals surface area contributed by atoms with Crippen molar-refractivity contribution in [3.63, 3.8) is 0 Å². The SMILES string of the molecule is O=C(C1CC1)N(O)C(=O)C1(CS(=O)(=O)c2ccc(OCc3cccc4cnccc34)cc2)CCNCC1. The van der Waals surface area contributed by atoms with Crippen molar-refractivity contribution in [1.29, 1.82) is 0 Å². The fourth-order valence-corrected chi connectivity index (χ4v) is 6.68. The summed E-state index contributed by atoms with van der Waals surface area (Å²) < 4.78 is 32.7. The van der Waals surface area contributed by atoms with Crippen LogP contribution < -0.4 is 10.1 Å². The topological polar surface area (TPSA) is 126 Å². The Hall–Kier alpha value is -3.34. The van der Waals surface area contributed by atoms with Gasteiger partial charge in [0.05, 0.1) is 16.1 Å². The van der Waals surface area contributed by atoms with Crippen LogP contribution in [0, 0.1) is 11.3 Å². The summed E-state index contributed by atoms with van der Waals surface area (Å²) in [5.74, 6) is -1.82. The predicted octanol–water partition coefficient (Wildman–Crippen LogP) is 3.11. The standard InChI is InChI=1S/C27H29N3O6S/c31-25(19-4-5-19)30(33)26(32)27(11-14-28-15-12-27)18-37(34,35)23-8-6-22(7-9-23)36-17-21-3-1-2-20-16-29-13-10-24(20)21/h1-3,6-10,13,16,19,28,33H,4-5,11-12,14-15,17-18H2. The highest BCUT2D eigenvalue weighted by Gasteiger charge is 2.49. The number of hydrogen-bond donors (Lipinski definition) is 2. The molecule has 1 aromatic heterocycles. The number of imide groups is 1. The number of nitrogens with one attached hydrogen (secondary N) is 1. The average Bonchev–Trinajstić information content (AvgIpc) is 3.77. The van der Waals surface area contributed by atoms with Crippen molar-refractivity contribution in [2.45, 2.75) is 37.2 Å². The summed E-state index contributed by atoms with van der Waals surface area (Å²) in [5, 5.41) is 15.7. The van der Waals surface area contributed by atoms with Gasteiger partial charge >= 0.3 is 0 Å². The predicted molar refractivity (Wildman–Crippen MR) is 135 cm³/mol. The Bertz CT molecular complexity index is 1410. The minimum absolute atomic E-state index is 0.0554. The molecule has 2 aliphatic rings. The molecule has 0 bridgehead atoms. The zero-order valence-electron chi connectivity index (χ0n) is 20.3. The Morgan fingerprint density at radius 1 is 1.08 bits per heavy atom. The minimum atomic E-state index is -3.90. The van der Waals surface area contributed by atoms with Gasteiger partial charge in [0.15, 0.2) is 9.84 Å². The van der Waals surface area contributed by atoms with Gasteiger partial charge in [0.25, 0.3) is 11.8 Å². The van der Waals surface area contributed by atoms with E-state index in [4.69, 9.17) is 4.74 Å². The van der Waals surface area contributed by atoms with Crippen molar-refractivity contribution in [2.75, 3.05) is 18.8 Å². The fourth-order valence-electron chi connectivity index (χ4n) is 4.82. The van der Waals surface area contributed by atoms with Crippen LogP contribution in [-0.2, 0) is 26.0 Å². The molecule has 2 heterocycles. The second-order valence-corrected chi connectivity index (χ2v) is 11.8. The Kier molecular flexibility index (Phi) is 6.98. The molecule has 0 spiro atoms. The molecule has 0 radical (unpaired) electrons. The van der Waals surface area contributed by atoms with Gasteiger partial charge in [-0.1, -0.05) is 18.2 Å². The van der Waals surface area contributed by atoms with Crippen molar-refractivity contribution in [1.82, 2.24) is 15.4 Å². The van der Waals surface area contributed by atoms with Crippen LogP contribution in [0.25, 0.3) is 10.8 Å². The molecule has 9 nitrogen and oxygen atoms in total. The van der Waals surface area contributed by atoms with Crippen LogP contribution in [0.1, 0.15) is 31.2 Å². The number of rotatable bonds is 8. The molecule has 2 aromatic carbocycles. The van der Waals surface area contributed by atoms with Crippen molar-refractivity contribution in [2.24, 2.45) is 11.3 Å². The molecular formula is C27H29N3O6S. The van der Waals surface area contributed by atoms with E-state index in [1.54, 1.807) is 24.5 Å². The van der Waals surface area contributed by atoms with E-state index in [0.29, 0.717) is 38.3 Å². The van der Waals surface area contributed by atoms with Gasteiger partial charge in [0.2, 0.25) is 0 Å². The van der Waals surface area contributed by atoms with Gasteiger partial charge in [-0.25, -0.2) is 8.42 Å². The molecule has 194 valence electrons. The Balaban J connectivity index is 1.30. The normalized spacial score (nSPS) is 17.3. The first kappa shape index (κ1) is 25.3. The summed E-state index contributed by atoms with van der Waals surface area (Å²) >= 11 is 0. The van der Waals surface area contributed by atoms with E-state index < -0.39 is 32.8 Å². The van der Waals surface area contributed by atoms with Crippen LogP contribution in [0.4, 0.5) is 0 Å². The lowest BCUT2D eigenvalue weighted by atomic mass is 9.79. The van der Waals surface area contributed by atoms with Gasteiger partial charge in [-0.15, -0.1) is 0 Å². The Morgan fingerprint density at radius 3 is 2.51 bits per heavy atom. The monoisotopic (exact) mass is 523 g/mol. The Labute approximate surface area is 215 Å². The van der Waals surface area contributed by atoms with Gasteiger partial charge in [-0.2, -0.15) is 5.06 Å². The van der Waals surface area contributed by atoms with Crippen LogP contribution >= 0.6 is 0 Å². The third kappa shape index (κ3) is 5.36. The number of carbonyl (C=O) groups excluding carboxylic acids is 2. The van der Waals surface area contributed by atoms with Crippen LogP contribution in [0.2, 0.25) is 0 Å². The van der Waals surface area contributed by atoms with Crippen molar-refractivity contribution < 1.29 is 28.0 Å². The largest absolute Gasteiger partial charge is 0.489 e. The molecule has 2 N–H and O–H groups in total. The lowest BCUT2D eigenvalue weighted by Gasteiger charge is -2.37. The van der Waals surface area contributed by atoms with E-state index in [1.807, 2.05) is 24.3 Å². The van der Waals surface area contributed by atoms with Crippen molar-refractivity contribution in [3.05, 3.63) is 66.5 Å². The first-order chi connectivity index (χ1) is 17.8. The first-order valence-electron chi connectivity index (χ1n) is 12.3. The number of hydroxylamine groups is 2. The summed E-state index contributed by atoms with van der Waals surface area (Å²) in [5.41, 5.74) is -0.390. The molecule has 0 atom stereocenters. The number of amides is 2. The van der Waals surface area contributed by atoms with Crippen LogP contribution in [0.15, 0.2) is 65.8 Å². The van der Waals surface area contributed by atoms with E-state index in [9.17, 15) is 23.2 Å². The van der Waals surface area contributed by atoms with E-state index >= 15 is 0 Å². The third-order valence-electron chi connectivity index (χ3n) is 7.16. The maximum absolute atomic E-state index is 13.4. The van der Waals surface area contributed by atoms with E-state index in [2.05, 4.69) is 10.3 Å². The third-order valence-corrected chi connectivity index (χ3v) is 9.08. The van der Waals surface area contributed by atoms with Crippen LogP contribution in [0.5, 0.6) is 5.75 Å². The molecule has 37 heavy (non-hydrogen) atoms. The Morgan fingerprint density at radius 2 is 1.81 bits per heavy atom. The zero-order chi connectivity index (χ0) is 26.0. The minimum Gasteiger partial charge on any atom is -0.489 e. The van der Waals surface area contributed by atoms with Gasteiger partial charge in [0.1, 0.15) is 12.4 Å². The van der Waals surface area contributed by atoms with Gasteiger partial charge in [-0.3, -0.25) is 19.8 Å². The van der Waals surface area contributed by atoms with Gasteiger partial charge < -0.3 is 10.1 Å². The molecule has 1 saturated carbocycles. The zero-order valence-corrected chi connectivity index (χ0v) is 21.1. The van der Waals surface area contributed by atoms with Crippen LogP contribution in [0.3, 0.4) is 0 Å². The summed E-state index contributed by atoms with van der Waals surface area (Å²) in [6.45, 7) is 1.15. The van der Waals surface area contributed by atoms with E-state index in [-0.39, 0.29) is 28.7 Å². The van der Waals surface area contributed by atoms with Crippen molar-refractivity contribution in [3.8, 4) is 5.75 Å². The molecule has 1 aliphatic carbocycles. The molecule has 10 heteroatoms. The number of aromatic nitrogens is 1. The number of benzene rings is 2. The lowest BCUT2D eigenvalue weighted by Crippen LogP contribution is -2.53. The number of fused-ring (bicyclic) bond motifs is 1. The molecule has 1 aliphatic heterocycles. The number of carbonyl (C=O) groups is 2. The number of pyridine rings is 1. The second kappa shape index (κ2) is 10.2. The fraction of sp³-hybridized carbons (Fsp3) is 0.370. The van der Waals surface area contributed by atoms with Gasteiger partial charge in [-0.05, 0) is 80.1 Å². The first-order valence-corrected chi connectivity index (χ1v) is 14.0. The number of piperidine rings is 1. The molecule has 5 rings (SSSR count). The summed E-state index contributed by atoms with van der Waals surface area (Å²) in [6, 6.07) is 13.9. The van der Waals surface area contributed by atoms with E-state index in [1.165, 1.54) is 12.1 Å². The lowest BCUT2D eigenvalue weighted by molar-refractivity contribution is -0.188. The average molecular weight is 524 g/mol. The van der Waals surface area contributed by atoms with E-state index in [0.717, 1.165) is 16.3 Å². The summed E-state index contributed by atoms with van der Waals surface area (Å²) in [6.07, 6.45) is 5.19. The maximum Gasteiger partial charge on any atom is 0.260 e. The number of sulfone groups is 1. The quantitative estimate of drug-likeness (QED) is 0.262. The van der Waals surface area contributed by atoms with Crippen molar-refractivity contribution >= 4 is 32.4 Å². The molecule has 3 aromatic rings. The second-order valence-electron chi connectivity index (χ2n) is 9.79. The summed E-state index contributed by atoms with van der Waals surface area (Å²) in [7, 11) is -3.90.